The second kappa shape index (κ2) is 3.76. The number of aromatic nitrogens is 2. The van der Waals surface area contributed by atoms with Crippen LogP contribution < -0.4 is 10.6 Å². The Morgan fingerprint density at radius 3 is 2.44 bits per heavy atom. The number of hydrogen-bond donors (Lipinski definition) is 2. The molecule has 2 amide bonds. The maximum atomic E-state index is 10.9. The third-order valence-electron chi connectivity index (χ3n) is 2.03. The average molecular weight is 221 g/mol. The molecule has 0 saturated carbocycles. The van der Waals surface area contributed by atoms with Gasteiger partial charge in [-0.3, -0.25) is 24.9 Å². The van der Waals surface area contributed by atoms with Gasteiger partial charge in [-0.05, 0) is 13.8 Å². The number of rotatable bonds is 2. The van der Waals surface area contributed by atoms with Crippen LogP contribution in [0.4, 0.5) is 5.69 Å². The topological polar surface area (TPSA) is 88.4 Å². The van der Waals surface area contributed by atoms with E-state index in [9.17, 15) is 9.59 Å². The number of amides is 2. The molecule has 2 N–H and O–H groups in total. The lowest BCUT2D eigenvalue weighted by atomic mass is 10.4. The van der Waals surface area contributed by atoms with Crippen molar-refractivity contribution >= 4 is 23.5 Å². The van der Waals surface area contributed by atoms with E-state index in [1.165, 1.54) is 0 Å². The zero-order chi connectivity index (χ0) is 11.7. The summed E-state index contributed by atoms with van der Waals surface area (Å²) in [6.45, 7) is 3.98. The number of nitrogens with one attached hydrogen (secondary N) is 2. The minimum absolute atomic E-state index is 0.137. The molecule has 2 heterocycles. The molecule has 1 aliphatic heterocycles. The Balaban J connectivity index is 2.17. The number of carbonyl (C=O) groups is 2. The van der Waals surface area contributed by atoms with Gasteiger partial charge in [0.25, 0.3) is 0 Å². The highest BCUT2D eigenvalue weighted by atomic mass is 16.2. The number of guanidine groups is 1. The lowest BCUT2D eigenvalue weighted by Crippen LogP contribution is -2.24. The molecule has 0 bridgehead atoms. The first kappa shape index (κ1) is 10.3. The predicted molar refractivity (Wildman–Crippen MR) is 56.0 cm³/mol. The van der Waals surface area contributed by atoms with Gasteiger partial charge in [0.2, 0.25) is 5.96 Å². The molecule has 0 aromatic carbocycles. The van der Waals surface area contributed by atoms with Crippen molar-refractivity contribution in [1.82, 2.24) is 20.4 Å². The zero-order valence-electron chi connectivity index (χ0n) is 8.89. The highest BCUT2D eigenvalue weighted by Gasteiger charge is 2.25. The van der Waals surface area contributed by atoms with Crippen molar-refractivity contribution in [2.24, 2.45) is 4.99 Å². The summed E-state index contributed by atoms with van der Waals surface area (Å²) in [6.07, 6.45) is 3.29. The van der Waals surface area contributed by atoms with Gasteiger partial charge < -0.3 is 0 Å². The van der Waals surface area contributed by atoms with Crippen LogP contribution in [0.25, 0.3) is 0 Å². The zero-order valence-corrected chi connectivity index (χ0v) is 8.89. The maximum absolute atomic E-state index is 10.9. The Morgan fingerprint density at radius 1 is 1.31 bits per heavy atom. The number of carbonyl (C=O) groups excluding carboxylic acids is 2. The molecule has 0 spiro atoms. The minimum atomic E-state index is -0.699. The largest absolute Gasteiger partial charge is 0.316 e. The van der Waals surface area contributed by atoms with E-state index < -0.39 is 11.8 Å². The van der Waals surface area contributed by atoms with Crippen LogP contribution in [0.1, 0.15) is 19.9 Å². The summed E-state index contributed by atoms with van der Waals surface area (Å²) >= 11 is 0. The third-order valence-corrected chi connectivity index (χ3v) is 2.03. The van der Waals surface area contributed by atoms with E-state index in [-0.39, 0.29) is 12.0 Å². The molecule has 1 aliphatic rings. The van der Waals surface area contributed by atoms with Crippen LogP contribution in [0.5, 0.6) is 0 Å². The van der Waals surface area contributed by atoms with Gasteiger partial charge in [-0.25, -0.2) is 4.99 Å². The van der Waals surface area contributed by atoms with Crippen molar-refractivity contribution in [3.8, 4) is 0 Å². The first-order chi connectivity index (χ1) is 7.56. The molecule has 1 aromatic rings. The van der Waals surface area contributed by atoms with E-state index in [4.69, 9.17) is 0 Å². The Kier molecular flexibility index (Phi) is 2.43. The monoisotopic (exact) mass is 221 g/mol. The smallest absolute Gasteiger partial charge is 0.288 e. The lowest BCUT2D eigenvalue weighted by molar-refractivity contribution is -0.135. The Hall–Kier alpha value is -2.18. The van der Waals surface area contributed by atoms with Gasteiger partial charge >= 0.3 is 11.8 Å². The molecule has 1 fully saturated rings. The van der Waals surface area contributed by atoms with E-state index in [2.05, 4.69) is 20.7 Å². The summed E-state index contributed by atoms with van der Waals surface area (Å²) in [4.78, 5) is 25.8. The van der Waals surface area contributed by atoms with Crippen molar-refractivity contribution in [1.29, 1.82) is 0 Å². The van der Waals surface area contributed by atoms with Crippen LogP contribution in [0.15, 0.2) is 17.4 Å². The normalized spacial score (nSPS) is 15.3. The predicted octanol–water partition coefficient (Wildman–Crippen LogP) is -0.303. The molecule has 0 aliphatic carbocycles. The van der Waals surface area contributed by atoms with Crippen LogP contribution in [0, 0.1) is 0 Å². The van der Waals surface area contributed by atoms with Crippen LogP contribution in [-0.2, 0) is 9.59 Å². The van der Waals surface area contributed by atoms with E-state index in [1.54, 1.807) is 17.1 Å². The van der Waals surface area contributed by atoms with Crippen molar-refractivity contribution in [2.75, 3.05) is 0 Å². The van der Waals surface area contributed by atoms with Gasteiger partial charge in [-0.15, -0.1) is 0 Å². The second-order valence-corrected chi connectivity index (χ2v) is 3.64. The fourth-order valence-corrected chi connectivity index (χ4v) is 1.21. The molecular weight excluding hydrogens is 210 g/mol. The summed E-state index contributed by atoms with van der Waals surface area (Å²) in [6, 6.07) is 0.238. The Morgan fingerprint density at radius 2 is 1.94 bits per heavy atom. The third kappa shape index (κ3) is 1.92. The van der Waals surface area contributed by atoms with Gasteiger partial charge in [-0.1, -0.05) is 0 Å². The molecule has 7 heteroatoms. The van der Waals surface area contributed by atoms with Crippen molar-refractivity contribution in [2.45, 2.75) is 19.9 Å². The fraction of sp³-hybridized carbons (Fsp3) is 0.333. The van der Waals surface area contributed by atoms with Gasteiger partial charge in [0.05, 0.1) is 12.4 Å². The standard InChI is InChI=1S/C9H11N5O2/c1-5(2)14-4-6(3-10-14)11-9-12-7(15)8(16)13-9/h3-5H,1-2H3,(H2,11,12,13,15,16). The van der Waals surface area contributed by atoms with E-state index in [0.717, 1.165) is 0 Å². The van der Waals surface area contributed by atoms with E-state index >= 15 is 0 Å². The molecule has 0 atom stereocenters. The molecule has 1 saturated heterocycles. The first-order valence-electron chi connectivity index (χ1n) is 4.81. The average Bonchev–Trinajstić information content (AvgIpc) is 2.76. The van der Waals surface area contributed by atoms with E-state index in [1.807, 2.05) is 13.8 Å². The maximum Gasteiger partial charge on any atom is 0.316 e. The lowest BCUT2D eigenvalue weighted by Gasteiger charge is -2.02. The van der Waals surface area contributed by atoms with Gasteiger partial charge in [-0.2, -0.15) is 5.10 Å². The molecular formula is C9H11N5O2. The summed E-state index contributed by atoms with van der Waals surface area (Å²) < 4.78 is 1.73. The van der Waals surface area contributed by atoms with Crippen molar-refractivity contribution in [3.05, 3.63) is 12.4 Å². The quantitative estimate of drug-likeness (QED) is 0.672. The van der Waals surface area contributed by atoms with E-state index in [0.29, 0.717) is 5.69 Å². The van der Waals surface area contributed by atoms with Crippen LogP contribution in [-0.4, -0.2) is 27.6 Å². The fourth-order valence-electron chi connectivity index (χ4n) is 1.21. The SMILES string of the molecule is CC(C)n1cc(N=C2NC(=O)C(=O)N2)cn1. The summed E-state index contributed by atoms with van der Waals surface area (Å²) in [7, 11) is 0. The van der Waals surface area contributed by atoms with Crippen molar-refractivity contribution in [3.63, 3.8) is 0 Å². The Labute approximate surface area is 91.5 Å². The number of nitrogens with zero attached hydrogens (tertiary/aromatic N) is 3. The van der Waals surface area contributed by atoms with Crippen molar-refractivity contribution < 1.29 is 9.59 Å². The summed E-state index contributed by atoms with van der Waals surface area (Å²) in [5.74, 6) is -1.26. The van der Waals surface area contributed by atoms with Gasteiger partial charge in [0, 0.05) is 6.04 Å². The molecule has 1 aromatic heterocycles. The Bertz CT molecular complexity index is 456. The van der Waals surface area contributed by atoms with Gasteiger partial charge in [0.15, 0.2) is 0 Å². The molecule has 0 unspecified atom stereocenters. The molecule has 84 valence electrons. The van der Waals surface area contributed by atoms with Crippen LogP contribution in [0.3, 0.4) is 0 Å². The minimum Gasteiger partial charge on any atom is -0.288 e. The summed E-state index contributed by atoms with van der Waals surface area (Å²) in [5, 5.41) is 8.69. The summed E-state index contributed by atoms with van der Waals surface area (Å²) in [5.41, 5.74) is 0.575. The van der Waals surface area contributed by atoms with Crippen LogP contribution >= 0.6 is 0 Å². The van der Waals surface area contributed by atoms with Gasteiger partial charge in [0.1, 0.15) is 5.69 Å². The molecule has 7 nitrogen and oxygen atoms in total. The first-order valence-corrected chi connectivity index (χ1v) is 4.81. The molecule has 16 heavy (non-hydrogen) atoms. The molecule has 2 rings (SSSR count). The highest BCUT2D eigenvalue weighted by molar-refractivity contribution is 6.45. The number of aliphatic imine (C=N–C) groups is 1. The highest BCUT2D eigenvalue weighted by Crippen LogP contribution is 2.13. The number of hydrogen-bond acceptors (Lipinski definition) is 4. The second-order valence-electron chi connectivity index (χ2n) is 3.64. The molecule has 0 radical (unpaired) electrons. The van der Waals surface area contributed by atoms with Crippen LogP contribution in [0.2, 0.25) is 0 Å².